The van der Waals surface area contributed by atoms with Crippen LogP contribution in [-0.2, 0) is 17.9 Å². The number of aromatic nitrogens is 1. The molecule has 0 atom stereocenters. The first-order chi connectivity index (χ1) is 9.04. The van der Waals surface area contributed by atoms with Gasteiger partial charge in [-0.05, 0) is 37.1 Å². The Morgan fingerprint density at radius 2 is 2.05 bits per heavy atom. The number of rotatable bonds is 2. The highest BCUT2D eigenvalue weighted by Crippen LogP contribution is 2.27. The Hall–Kier alpha value is -1.81. The maximum Gasteiger partial charge on any atom is 0.317 e. The number of hydrogen-bond acceptors (Lipinski definition) is 2. The molecule has 0 amide bonds. The second kappa shape index (κ2) is 4.38. The molecule has 1 aliphatic rings. The average molecular weight is 258 g/mol. The van der Waals surface area contributed by atoms with E-state index in [9.17, 15) is 4.79 Å². The first kappa shape index (κ1) is 12.2. The van der Waals surface area contributed by atoms with E-state index >= 15 is 0 Å². The van der Waals surface area contributed by atoms with Gasteiger partial charge in [0.25, 0.3) is 0 Å². The van der Waals surface area contributed by atoms with E-state index in [4.69, 9.17) is 5.11 Å². The van der Waals surface area contributed by atoms with E-state index in [0.717, 1.165) is 19.6 Å². The molecule has 100 valence electrons. The molecule has 19 heavy (non-hydrogen) atoms. The van der Waals surface area contributed by atoms with Crippen LogP contribution >= 0.6 is 0 Å². The molecule has 0 saturated carbocycles. The van der Waals surface area contributed by atoms with Gasteiger partial charge in [0.05, 0.1) is 6.54 Å². The zero-order valence-electron chi connectivity index (χ0n) is 11.3. The van der Waals surface area contributed by atoms with Crippen LogP contribution in [0, 0.1) is 13.8 Å². The van der Waals surface area contributed by atoms with Gasteiger partial charge >= 0.3 is 5.97 Å². The molecule has 0 bridgehead atoms. The van der Waals surface area contributed by atoms with Gasteiger partial charge in [-0.25, -0.2) is 0 Å². The predicted molar refractivity (Wildman–Crippen MR) is 74.3 cm³/mol. The molecular weight excluding hydrogens is 240 g/mol. The molecular formula is C15H18N2O2. The van der Waals surface area contributed by atoms with E-state index in [2.05, 4.69) is 36.6 Å². The molecule has 2 aromatic rings. The third-order valence-electron chi connectivity index (χ3n) is 3.84. The summed E-state index contributed by atoms with van der Waals surface area (Å²) in [5, 5.41) is 10.2. The number of carboxylic acids is 1. The van der Waals surface area contributed by atoms with Crippen molar-refractivity contribution in [1.82, 2.24) is 9.47 Å². The van der Waals surface area contributed by atoms with Crippen LogP contribution in [0.5, 0.6) is 0 Å². The van der Waals surface area contributed by atoms with Crippen LogP contribution in [0.3, 0.4) is 0 Å². The minimum absolute atomic E-state index is 0.125. The van der Waals surface area contributed by atoms with Crippen molar-refractivity contribution in [2.24, 2.45) is 0 Å². The fourth-order valence-corrected chi connectivity index (χ4v) is 3.04. The Balaban J connectivity index is 2.03. The molecule has 1 aromatic heterocycles. The van der Waals surface area contributed by atoms with E-state index in [-0.39, 0.29) is 6.54 Å². The number of benzene rings is 1. The van der Waals surface area contributed by atoms with Crippen LogP contribution < -0.4 is 0 Å². The normalized spacial score (nSPS) is 15.7. The zero-order chi connectivity index (χ0) is 13.6. The van der Waals surface area contributed by atoms with Gasteiger partial charge in [0, 0.05) is 36.2 Å². The summed E-state index contributed by atoms with van der Waals surface area (Å²) in [6, 6.07) is 6.63. The van der Waals surface area contributed by atoms with E-state index in [0.29, 0.717) is 0 Å². The lowest BCUT2D eigenvalue weighted by molar-refractivity contribution is -0.138. The van der Waals surface area contributed by atoms with E-state index < -0.39 is 5.97 Å². The summed E-state index contributed by atoms with van der Waals surface area (Å²) in [6.45, 7) is 6.77. The van der Waals surface area contributed by atoms with E-state index in [1.54, 1.807) is 0 Å². The smallest absolute Gasteiger partial charge is 0.317 e. The topological polar surface area (TPSA) is 45.5 Å². The van der Waals surface area contributed by atoms with Gasteiger partial charge < -0.3 is 9.67 Å². The molecule has 0 unspecified atom stereocenters. The number of carboxylic acid groups (broad SMARTS) is 1. The van der Waals surface area contributed by atoms with E-state index in [1.165, 1.54) is 27.7 Å². The first-order valence-corrected chi connectivity index (χ1v) is 6.58. The lowest BCUT2D eigenvalue weighted by atomic mass is 10.1. The minimum Gasteiger partial charge on any atom is -0.480 e. The maximum atomic E-state index is 10.8. The second-order valence-electron chi connectivity index (χ2n) is 5.41. The number of aryl methyl sites for hydroxylation is 2. The summed E-state index contributed by atoms with van der Waals surface area (Å²) in [7, 11) is 0. The number of fused-ring (bicyclic) bond motifs is 3. The van der Waals surface area contributed by atoms with Crippen molar-refractivity contribution in [3.8, 4) is 0 Å². The van der Waals surface area contributed by atoms with Gasteiger partial charge in [0.15, 0.2) is 0 Å². The summed E-state index contributed by atoms with van der Waals surface area (Å²) in [5.41, 5.74) is 5.07. The van der Waals surface area contributed by atoms with Gasteiger partial charge in [-0.3, -0.25) is 9.69 Å². The van der Waals surface area contributed by atoms with Gasteiger partial charge in [-0.1, -0.05) is 6.07 Å². The van der Waals surface area contributed by atoms with Gasteiger partial charge in [-0.2, -0.15) is 0 Å². The Labute approximate surface area is 112 Å². The summed E-state index contributed by atoms with van der Waals surface area (Å²) < 4.78 is 2.33. The van der Waals surface area contributed by atoms with Crippen molar-refractivity contribution >= 4 is 16.9 Å². The summed E-state index contributed by atoms with van der Waals surface area (Å²) in [6.07, 6.45) is 0. The van der Waals surface area contributed by atoms with Gasteiger partial charge in [0.2, 0.25) is 0 Å². The Morgan fingerprint density at radius 1 is 1.26 bits per heavy atom. The summed E-state index contributed by atoms with van der Waals surface area (Å²) in [4.78, 5) is 12.8. The standard InChI is InChI=1S/C15H18N2O2/c1-10-5-11(2)13-7-12-8-16(9-15(18)19)3-4-17(12)14(13)6-10/h5-7H,3-4,8-9H2,1-2H3,(H,18,19). The minimum atomic E-state index is -0.753. The summed E-state index contributed by atoms with van der Waals surface area (Å²) >= 11 is 0. The molecule has 1 aliphatic heterocycles. The SMILES string of the molecule is Cc1cc(C)c2cc3n(c2c1)CCN(CC(=O)O)C3. The van der Waals surface area contributed by atoms with Crippen molar-refractivity contribution in [3.05, 3.63) is 35.0 Å². The maximum absolute atomic E-state index is 10.8. The Bertz CT molecular complexity index is 658. The molecule has 0 radical (unpaired) electrons. The predicted octanol–water partition coefficient (Wildman–Crippen LogP) is 2.16. The van der Waals surface area contributed by atoms with Crippen LogP contribution in [0.4, 0.5) is 0 Å². The third-order valence-corrected chi connectivity index (χ3v) is 3.84. The highest BCUT2D eigenvalue weighted by Gasteiger charge is 2.20. The first-order valence-electron chi connectivity index (χ1n) is 6.58. The highest BCUT2D eigenvalue weighted by atomic mass is 16.4. The molecule has 3 rings (SSSR count). The monoisotopic (exact) mass is 258 g/mol. The molecule has 4 nitrogen and oxygen atoms in total. The average Bonchev–Trinajstić information content (AvgIpc) is 2.66. The van der Waals surface area contributed by atoms with Gasteiger partial charge in [0.1, 0.15) is 0 Å². The number of aliphatic carboxylic acids is 1. The van der Waals surface area contributed by atoms with Crippen LogP contribution in [0.15, 0.2) is 18.2 Å². The van der Waals surface area contributed by atoms with Crippen LogP contribution in [0.2, 0.25) is 0 Å². The molecule has 2 heterocycles. The quantitative estimate of drug-likeness (QED) is 0.897. The molecule has 1 N–H and O–H groups in total. The summed E-state index contributed by atoms with van der Waals surface area (Å²) in [5.74, 6) is -0.753. The molecule has 0 spiro atoms. The highest BCUT2D eigenvalue weighted by molar-refractivity contribution is 5.85. The van der Waals surface area contributed by atoms with Crippen molar-refractivity contribution in [2.75, 3.05) is 13.1 Å². The van der Waals surface area contributed by atoms with Gasteiger partial charge in [-0.15, -0.1) is 0 Å². The zero-order valence-corrected chi connectivity index (χ0v) is 11.3. The molecule has 0 aliphatic carbocycles. The van der Waals surface area contributed by atoms with Crippen LogP contribution in [0.25, 0.3) is 10.9 Å². The molecule has 4 heteroatoms. The largest absolute Gasteiger partial charge is 0.480 e. The second-order valence-corrected chi connectivity index (χ2v) is 5.41. The van der Waals surface area contributed by atoms with Crippen molar-refractivity contribution in [2.45, 2.75) is 26.9 Å². The van der Waals surface area contributed by atoms with E-state index in [1.807, 2.05) is 4.90 Å². The lowest BCUT2D eigenvalue weighted by Gasteiger charge is -2.27. The number of carbonyl (C=O) groups is 1. The van der Waals surface area contributed by atoms with Crippen molar-refractivity contribution in [3.63, 3.8) is 0 Å². The van der Waals surface area contributed by atoms with Crippen molar-refractivity contribution < 1.29 is 9.90 Å². The van der Waals surface area contributed by atoms with Crippen molar-refractivity contribution in [1.29, 1.82) is 0 Å². The fraction of sp³-hybridized carbons (Fsp3) is 0.400. The van der Waals surface area contributed by atoms with Crippen LogP contribution in [-0.4, -0.2) is 33.6 Å². The number of nitrogens with zero attached hydrogens (tertiary/aromatic N) is 2. The lowest BCUT2D eigenvalue weighted by Crippen LogP contribution is -2.36. The third kappa shape index (κ3) is 2.12. The molecule has 0 saturated heterocycles. The molecule has 0 fully saturated rings. The number of hydrogen-bond donors (Lipinski definition) is 1. The molecule has 1 aromatic carbocycles. The van der Waals surface area contributed by atoms with Crippen LogP contribution in [0.1, 0.15) is 16.8 Å². The Morgan fingerprint density at radius 3 is 2.79 bits per heavy atom. The Kier molecular flexibility index (Phi) is 2.82. The fourth-order valence-electron chi connectivity index (χ4n) is 3.04.